The molecule has 3 rings (SSSR count). The molecule has 0 unspecified atom stereocenters. The number of carbonyl (C=O) groups excluding carboxylic acids is 2. The average molecular weight is 361 g/mol. The van der Waals surface area contributed by atoms with Gasteiger partial charge in [0.2, 0.25) is 0 Å². The van der Waals surface area contributed by atoms with E-state index in [1.165, 1.54) is 0 Å². The van der Waals surface area contributed by atoms with Crippen molar-refractivity contribution in [2.24, 2.45) is 0 Å². The fourth-order valence-corrected chi connectivity index (χ4v) is 2.81. The molecule has 2 aromatic rings. The molecular formula is C18H14Cl2N2O2. The number of halogens is 2. The average Bonchev–Trinajstić information content (AvgIpc) is 2.76. The first-order chi connectivity index (χ1) is 11.4. The highest BCUT2D eigenvalue weighted by Gasteiger charge is 2.39. The third-order valence-corrected chi connectivity index (χ3v) is 4.35. The minimum Gasteiger partial charge on any atom is -0.350 e. The van der Waals surface area contributed by atoms with Crippen LogP contribution in [0.4, 0.5) is 11.4 Å². The first kappa shape index (κ1) is 16.6. The van der Waals surface area contributed by atoms with Crippen LogP contribution in [0.3, 0.4) is 0 Å². The van der Waals surface area contributed by atoms with Crippen molar-refractivity contribution in [3.8, 4) is 0 Å². The van der Waals surface area contributed by atoms with E-state index in [-0.39, 0.29) is 10.7 Å². The number of rotatable bonds is 3. The molecule has 0 saturated carbocycles. The summed E-state index contributed by atoms with van der Waals surface area (Å²) in [6.07, 6.45) is 0. The summed E-state index contributed by atoms with van der Waals surface area (Å²) >= 11 is 12.0. The molecule has 2 aromatic carbocycles. The molecule has 4 nitrogen and oxygen atoms in total. The van der Waals surface area contributed by atoms with Crippen LogP contribution in [-0.2, 0) is 9.59 Å². The molecule has 1 heterocycles. The number of anilines is 2. The van der Waals surface area contributed by atoms with Crippen LogP contribution in [0.15, 0.2) is 53.2 Å². The molecule has 2 amide bonds. The van der Waals surface area contributed by atoms with Gasteiger partial charge in [-0.2, -0.15) is 0 Å². The van der Waals surface area contributed by atoms with Crippen molar-refractivity contribution in [3.05, 3.63) is 69.3 Å². The van der Waals surface area contributed by atoms with Crippen molar-refractivity contribution >= 4 is 46.4 Å². The van der Waals surface area contributed by atoms with Gasteiger partial charge in [-0.3, -0.25) is 9.59 Å². The summed E-state index contributed by atoms with van der Waals surface area (Å²) in [5, 5.41) is 3.36. The highest BCUT2D eigenvalue weighted by atomic mass is 35.5. The number of nitrogens with zero attached hydrogens (tertiary/aromatic N) is 1. The molecule has 0 fully saturated rings. The third kappa shape index (κ3) is 2.90. The Balaban J connectivity index is 1.95. The minimum absolute atomic E-state index is 0.0601. The Labute approximate surface area is 149 Å². The first-order valence-corrected chi connectivity index (χ1v) is 8.02. The summed E-state index contributed by atoms with van der Waals surface area (Å²) in [7, 11) is 0. The molecule has 0 radical (unpaired) electrons. The molecule has 0 aliphatic carbocycles. The lowest BCUT2D eigenvalue weighted by atomic mass is 10.1. The number of imide groups is 1. The summed E-state index contributed by atoms with van der Waals surface area (Å²) in [6, 6.07) is 12.4. The summed E-state index contributed by atoms with van der Waals surface area (Å²) in [4.78, 5) is 26.3. The fraction of sp³-hybridized carbons (Fsp3) is 0.111. The molecule has 0 spiro atoms. The fourth-order valence-electron chi connectivity index (χ4n) is 2.47. The zero-order valence-corrected chi connectivity index (χ0v) is 14.6. The van der Waals surface area contributed by atoms with Crippen molar-refractivity contribution < 1.29 is 9.59 Å². The molecule has 24 heavy (non-hydrogen) atoms. The van der Waals surface area contributed by atoms with Gasteiger partial charge in [0.25, 0.3) is 11.8 Å². The van der Waals surface area contributed by atoms with Crippen molar-refractivity contribution in [1.29, 1.82) is 0 Å². The molecular weight excluding hydrogens is 347 g/mol. The maximum atomic E-state index is 12.7. The second-order valence-electron chi connectivity index (χ2n) is 5.56. The Morgan fingerprint density at radius 1 is 0.917 bits per heavy atom. The van der Waals surface area contributed by atoms with Crippen LogP contribution in [0.1, 0.15) is 11.1 Å². The van der Waals surface area contributed by atoms with Gasteiger partial charge < -0.3 is 5.32 Å². The number of amides is 2. The lowest BCUT2D eigenvalue weighted by Crippen LogP contribution is -2.32. The van der Waals surface area contributed by atoms with E-state index in [2.05, 4.69) is 5.32 Å². The van der Waals surface area contributed by atoms with Crippen molar-refractivity contribution in [1.82, 2.24) is 0 Å². The summed E-state index contributed by atoms with van der Waals surface area (Å²) in [5.74, 6) is -1.01. The standard InChI is InChI=1S/C18H14Cl2N2O2/c1-10-3-4-11(2)14(9-10)22-17(23)15(20)16(18(22)24)21-13-7-5-12(19)6-8-13/h3-9,21H,1-2H3. The number of benzene rings is 2. The Kier molecular flexibility index (Phi) is 4.35. The van der Waals surface area contributed by atoms with Crippen LogP contribution in [0.25, 0.3) is 0 Å². The van der Waals surface area contributed by atoms with E-state index in [9.17, 15) is 9.59 Å². The molecule has 0 saturated heterocycles. The van der Waals surface area contributed by atoms with E-state index >= 15 is 0 Å². The summed E-state index contributed by atoms with van der Waals surface area (Å²) in [5.41, 5.74) is 2.99. The van der Waals surface area contributed by atoms with Crippen LogP contribution in [0.5, 0.6) is 0 Å². The highest BCUT2D eigenvalue weighted by Crippen LogP contribution is 2.32. The summed E-state index contributed by atoms with van der Waals surface area (Å²) < 4.78 is 0. The van der Waals surface area contributed by atoms with Gasteiger partial charge in [-0.05, 0) is 55.3 Å². The van der Waals surface area contributed by atoms with E-state index in [1.807, 2.05) is 26.0 Å². The van der Waals surface area contributed by atoms with Crippen LogP contribution in [0, 0.1) is 13.8 Å². The zero-order valence-electron chi connectivity index (χ0n) is 13.1. The maximum absolute atomic E-state index is 12.7. The van der Waals surface area contributed by atoms with E-state index in [1.54, 1.807) is 30.3 Å². The molecule has 0 atom stereocenters. The van der Waals surface area contributed by atoms with Crippen LogP contribution < -0.4 is 10.2 Å². The molecule has 0 aromatic heterocycles. The molecule has 0 bridgehead atoms. The van der Waals surface area contributed by atoms with Crippen LogP contribution >= 0.6 is 23.2 Å². The predicted molar refractivity (Wildman–Crippen MR) is 96.4 cm³/mol. The number of aryl methyl sites for hydroxylation is 2. The predicted octanol–water partition coefficient (Wildman–Crippen LogP) is 4.39. The van der Waals surface area contributed by atoms with Crippen LogP contribution in [-0.4, -0.2) is 11.8 Å². The minimum atomic E-state index is -0.535. The van der Waals surface area contributed by atoms with Crippen molar-refractivity contribution in [3.63, 3.8) is 0 Å². The molecule has 1 aliphatic heterocycles. The lowest BCUT2D eigenvalue weighted by molar-refractivity contribution is -0.120. The first-order valence-electron chi connectivity index (χ1n) is 7.27. The smallest absolute Gasteiger partial charge is 0.283 e. The lowest BCUT2D eigenvalue weighted by Gasteiger charge is -2.18. The van der Waals surface area contributed by atoms with Gasteiger partial charge in [0, 0.05) is 10.7 Å². The monoisotopic (exact) mass is 360 g/mol. The van der Waals surface area contributed by atoms with Gasteiger partial charge in [0.15, 0.2) is 0 Å². The normalized spacial score (nSPS) is 14.6. The largest absolute Gasteiger partial charge is 0.350 e. The Morgan fingerprint density at radius 2 is 1.58 bits per heavy atom. The molecule has 1 aliphatic rings. The van der Waals surface area contributed by atoms with E-state index in [0.717, 1.165) is 16.0 Å². The van der Waals surface area contributed by atoms with E-state index < -0.39 is 11.8 Å². The Bertz CT molecular complexity index is 873. The zero-order chi connectivity index (χ0) is 17.4. The Morgan fingerprint density at radius 3 is 2.25 bits per heavy atom. The number of nitrogens with one attached hydrogen (secondary N) is 1. The van der Waals surface area contributed by atoms with Crippen molar-refractivity contribution in [2.45, 2.75) is 13.8 Å². The van der Waals surface area contributed by atoms with Crippen LogP contribution in [0.2, 0.25) is 5.02 Å². The second kappa shape index (κ2) is 6.30. The summed E-state index contributed by atoms with van der Waals surface area (Å²) in [6.45, 7) is 3.74. The quantitative estimate of drug-likeness (QED) is 0.825. The van der Waals surface area contributed by atoms with Gasteiger partial charge in [0.1, 0.15) is 10.7 Å². The van der Waals surface area contributed by atoms with E-state index in [0.29, 0.717) is 16.4 Å². The highest BCUT2D eigenvalue weighted by molar-refractivity contribution is 6.53. The third-order valence-electron chi connectivity index (χ3n) is 3.75. The number of hydrogen-bond acceptors (Lipinski definition) is 3. The molecule has 6 heteroatoms. The Hall–Kier alpha value is -2.30. The van der Waals surface area contributed by atoms with Gasteiger partial charge in [0.05, 0.1) is 5.69 Å². The van der Waals surface area contributed by atoms with Gasteiger partial charge in [-0.15, -0.1) is 0 Å². The van der Waals surface area contributed by atoms with E-state index in [4.69, 9.17) is 23.2 Å². The van der Waals surface area contributed by atoms with Gasteiger partial charge >= 0.3 is 0 Å². The SMILES string of the molecule is Cc1ccc(C)c(N2C(=O)C(Cl)=C(Nc3ccc(Cl)cc3)C2=O)c1. The molecule has 122 valence electrons. The molecule has 1 N–H and O–H groups in total. The van der Waals surface area contributed by atoms with Gasteiger partial charge in [-0.25, -0.2) is 4.90 Å². The number of carbonyl (C=O) groups is 2. The second-order valence-corrected chi connectivity index (χ2v) is 6.37. The van der Waals surface area contributed by atoms with Crippen molar-refractivity contribution in [2.75, 3.05) is 10.2 Å². The van der Waals surface area contributed by atoms with Gasteiger partial charge in [-0.1, -0.05) is 35.3 Å². The topological polar surface area (TPSA) is 49.4 Å². The number of hydrogen-bond donors (Lipinski definition) is 1. The maximum Gasteiger partial charge on any atom is 0.283 e.